The number of carbonyl (C=O) groups is 1. The third kappa shape index (κ3) is 1.88. The van der Waals surface area contributed by atoms with E-state index >= 15 is 0 Å². The predicted octanol–water partition coefficient (Wildman–Crippen LogP) is 2.95. The largest absolute Gasteiger partial charge is 0.477 e. The van der Waals surface area contributed by atoms with Gasteiger partial charge in [-0.2, -0.15) is 0 Å². The number of carboxylic acid groups (broad SMARTS) is 1. The molecule has 0 amide bonds. The molecule has 0 aromatic carbocycles. The van der Waals surface area contributed by atoms with Gasteiger partial charge in [0.25, 0.3) is 0 Å². The molecule has 0 atom stereocenters. The minimum atomic E-state index is -0.931. The van der Waals surface area contributed by atoms with Crippen LogP contribution in [0.4, 0.5) is 0 Å². The van der Waals surface area contributed by atoms with Crippen LogP contribution < -0.4 is 0 Å². The van der Waals surface area contributed by atoms with E-state index < -0.39 is 5.97 Å². The summed E-state index contributed by atoms with van der Waals surface area (Å²) in [4.78, 5) is 16.0. The van der Waals surface area contributed by atoms with Gasteiger partial charge in [-0.05, 0) is 31.5 Å². The molecule has 2 heterocycles. The molecule has 2 aromatic rings. The lowest BCUT2D eigenvalue weighted by Crippen LogP contribution is -2.18. The number of hydrogen-bond donors (Lipinski definition) is 1. The van der Waals surface area contributed by atoms with Crippen molar-refractivity contribution in [3.8, 4) is 0 Å². The van der Waals surface area contributed by atoms with E-state index in [-0.39, 0.29) is 11.1 Å². The van der Waals surface area contributed by atoms with Crippen LogP contribution in [-0.2, 0) is 5.41 Å². The second-order valence-electron chi connectivity index (χ2n) is 5.73. The van der Waals surface area contributed by atoms with Gasteiger partial charge in [-0.15, -0.1) is 0 Å². The standard InChI is InChI=1S/C14H18N2O2/c1-8-6-9(2)16-10(7-8)15-12(14(3,4)5)11(16)13(17)18/h6-7H,1-5H3,(H,17,18). The van der Waals surface area contributed by atoms with E-state index in [0.717, 1.165) is 11.3 Å². The summed E-state index contributed by atoms with van der Waals surface area (Å²) in [5.41, 5.74) is 3.29. The fourth-order valence-electron chi connectivity index (χ4n) is 2.25. The Morgan fingerprint density at radius 2 is 1.89 bits per heavy atom. The Balaban J connectivity index is 2.93. The van der Waals surface area contributed by atoms with Gasteiger partial charge in [0.15, 0.2) is 5.69 Å². The van der Waals surface area contributed by atoms with Crippen molar-refractivity contribution in [2.45, 2.75) is 40.0 Å². The van der Waals surface area contributed by atoms with Gasteiger partial charge in [-0.3, -0.25) is 4.40 Å². The zero-order valence-corrected chi connectivity index (χ0v) is 11.4. The summed E-state index contributed by atoms with van der Waals surface area (Å²) >= 11 is 0. The van der Waals surface area contributed by atoms with Crippen LogP contribution in [0.3, 0.4) is 0 Å². The summed E-state index contributed by atoms with van der Waals surface area (Å²) in [5, 5.41) is 9.45. The van der Waals surface area contributed by atoms with Crippen LogP contribution in [0.5, 0.6) is 0 Å². The maximum absolute atomic E-state index is 11.5. The smallest absolute Gasteiger partial charge is 0.354 e. The van der Waals surface area contributed by atoms with Gasteiger partial charge in [0.2, 0.25) is 0 Å². The fraction of sp³-hybridized carbons (Fsp3) is 0.429. The highest BCUT2D eigenvalue weighted by Gasteiger charge is 2.28. The number of hydrogen-bond acceptors (Lipinski definition) is 2. The molecule has 96 valence electrons. The van der Waals surface area contributed by atoms with Gasteiger partial charge in [-0.1, -0.05) is 20.8 Å². The van der Waals surface area contributed by atoms with Crippen LogP contribution in [-0.4, -0.2) is 20.5 Å². The molecule has 0 unspecified atom stereocenters. The molecule has 4 nitrogen and oxygen atoms in total. The van der Waals surface area contributed by atoms with Crippen molar-refractivity contribution in [3.05, 3.63) is 34.8 Å². The molecular formula is C14H18N2O2. The van der Waals surface area contributed by atoms with E-state index in [1.807, 2.05) is 46.8 Å². The first-order valence-corrected chi connectivity index (χ1v) is 5.95. The maximum Gasteiger partial charge on any atom is 0.354 e. The summed E-state index contributed by atoms with van der Waals surface area (Å²) < 4.78 is 1.72. The third-order valence-corrected chi connectivity index (χ3v) is 2.96. The van der Waals surface area contributed by atoms with Crippen LogP contribution in [0.25, 0.3) is 5.65 Å². The molecule has 0 saturated heterocycles. The molecule has 0 fully saturated rings. The number of fused-ring (bicyclic) bond motifs is 1. The van der Waals surface area contributed by atoms with Crippen molar-refractivity contribution in [1.29, 1.82) is 0 Å². The molecule has 1 N–H and O–H groups in total. The first-order valence-electron chi connectivity index (χ1n) is 5.95. The number of aromatic nitrogens is 2. The van der Waals surface area contributed by atoms with Crippen LogP contribution in [0.15, 0.2) is 12.1 Å². The minimum absolute atomic E-state index is 0.273. The highest BCUT2D eigenvalue weighted by atomic mass is 16.4. The second kappa shape index (κ2) is 3.83. The molecule has 2 rings (SSSR count). The summed E-state index contributed by atoms with van der Waals surface area (Å²) in [7, 11) is 0. The van der Waals surface area contributed by atoms with E-state index in [0.29, 0.717) is 11.3 Å². The lowest BCUT2D eigenvalue weighted by atomic mass is 9.90. The summed E-state index contributed by atoms with van der Waals surface area (Å²) in [5.74, 6) is -0.931. The number of carboxylic acids is 1. The Hall–Kier alpha value is -1.84. The van der Waals surface area contributed by atoms with E-state index in [9.17, 15) is 9.90 Å². The maximum atomic E-state index is 11.5. The molecule has 0 saturated carbocycles. The van der Waals surface area contributed by atoms with Crippen molar-refractivity contribution in [1.82, 2.24) is 9.38 Å². The SMILES string of the molecule is Cc1cc(C)n2c(C(=O)O)c(C(C)(C)C)nc2c1. The quantitative estimate of drug-likeness (QED) is 0.841. The number of nitrogens with zero attached hydrogens (tertiary/aromatic N) is 2. The highest BCUT2D eigenvalue weighted by molar-refractivity contribution is 5.89. The van der Waals surface area contributed by atoms with Gasteiger partial charge < -0.3 is 5.11 Å². The summed E-state index contributed by atoms with van der Waals surface area (Å²) in [6.07, 6.45) is 0. The number of aryl methyl sites for hydroxylation is 2. The molecule has 0 aliphatic rings. The highest BCUT2D eigenvalue weighted by Crippen LogP contribution is 2.27. The van der Waals surface area contributed by atoms with Crippen molar-refractivity contribution in [2.24, 2.45) is 0 Å². The zero-order valence-electron chi connectivity index (χ0n) is 11.4. The van der Waals surface area contributed by atoms with E-state index in [2.05, 4.69) is 4.98 Å². The molecule has 4 heteroatoms. The minimum Gasteiger partial charge on any atom is -0.477 e. The van der Waals surface area contributed by atoms with E-state index in [4.69, 9.17) is 0 Å². The second-order valence-corrected chi connectivity index (χ2v) is 5.73. The van der Waals surface area contributed by atoms with Crippen molar-refractivity contribution in [3.63, 3.8) is 0 Å². The van der Waals surface area contributed by atoms with Gasteiger partial charge in [0.1, 0.15) is 5.65 Å². The Morgan fingerprint density at radius 1 is 1.28 bits per heavy atom. The zero-order chi connectivity index (χ0) is 13.7. The summed E-state index contributed by atoms with van der Waals surface area (Å²) in [6.45, 7) is 9.82. The number of rotatable bonds is 1. The van der Waals surface area contributed by atoms with Gasteiger partial charge in [-0.25, -0.2) is 9.78 Å². The van der Waals surface area contributed by atoms with E-state index in [1.165, 1.54) is 0 Å². The Kier molecular flexibility index (Phi) is 2.69. The van der Waals surface area contributed by atoms with Crippen LogP contribution in [0, 0.1) is 13.8 Å². The van der Waals surface area contributed by atoms with Gasteiger partial charge in [0, 0.05) is 11.1 Å². The molecule has 0 aliphatic heterocycles. The van der Waals surface area contributed by atoms with Crippen LogP contribution in [0.2, 0.25) is 0 Å². The number of pyridine rings is 1. The Labute approximate surface area is 106 Å². The topological polar surface area (TPSA) is 54.6 Å². The molecule has 18 heavy (non-hydrogen) atoms. The lowest BCUT2D eigenvalue weighted by molar-refractivity contribution is 0.0686. The number of aromatic carboxylic acids is 1. The summed E-state index contributed by atoms with van der Waals surface area (Å²) in [6, 6.07) is 3.88. The fourth-order valence-corrected chi connectivity index (χ4v) is 2.25. The molecule has 0 radical (unpaired) electrons. The van der Waals surface area contributed by atoms with Crippen LogP contribution in [0.1, 0.15) is 48.2 Å². The normalized spacial score (nSPS) is 12.1. The molecule has 0 aliphatic carbocycles. The first kappa shape index (κ1) is 12.6. The average molecular weight is 246 g/mol. The average Bonchev–Trinajstić information content (AvgIpc) is 2.55. The van der Waals surface area contributed by atoms with Crippen molar-refractivity contribution in [2.75, 3.05) is 0 Å². The number of imidazole rings is 1. The predicted molar refractivity (Wildman–Crippen MR) is 70.3 cm³/mol. The Morgan fingerprint density at radius 3 is 2.39 bits per heavy atom. The van der Waals surface area contributed by atoms with Crippen molar-refractivity contribution < 1.29 is 9.90 Å². The van der Waals surface area contributed by atoms with Crippen molar-refractivity contribution >= 4 is 11.6 Å². The molecule has 2 aromatic heterocycles. The molecule has 0 bridgehead atoms. The van der Waals surface area contributed by atoms with Crippen LogP contribution >= 0.6 is 0 Å². The van der Waals surface area contributed by atoms with Gasteiger partial charge in [0.05, 0.1) is 5.69 Å². The third-order valence-electron chi connectivity index (χ3n) is 2.96. The monoisotopic (exact) mass is 246 g/mol. The Bertz CT molecular complexity index is 633. The molecular weight excluding hydrogens is 228 g/mol. The van der Waals surface area contributed by atoms with Gasteiger partial charge >= 0.3 is 5.97 Å². The molecule has 0 spiro atoms. The lowest BCUT2D eigenvalue weighted by Gasteiger charge is -2.16. The van der Waals surface area contributed by atoms with E-state index in [1.54, 1.807) is 4.40 Å². The first-order chi connectivity index (χ1) is 8.21.